The topological polar surface area (TPSA) is 56.6 Å². The smallest absolute Gasteiger partial charge is 0.223 e. The van der Waals surface area contributed by atoms with Crippen LogP contribution in [0.1, 0.15) is 28.7 Å². The zero-order valence-corrected chi connectivity index (χ0v) is 18.3. The lowest BCUT2D eigenvalue weighted by atomic mass is 10.0. The van der Waals surface area contributed by atoms with E-state index >= 15 is 0 Å². The Balaban J connectivity index is 1.51. The van der Waals surface area contributed by atoms with Crippen LogP contribution in [-0.2, 0) is 36.0 Å². The van der Waals surface area contributed by atoms with Crippen LogP contribution in [0.15, 0.2) is 54.9 Å². The molecule has 0 N–H and O–H groups in total. The van der Waals surface area contributed by atoms with Gasteiger partial charge in [-0.2, -0.15) is 5.10 Å². The van der Waals surface area contributed by atoms with Crippen molar-refractivity contribution in [2.75, 3.05) is 26.4 Å². The number of carbonyl (C=O) groups excluding carboxylic acids is 1. The summed E-state index contributed by atoms with van der Waals surface area (Å²) in [5, 5.41) is 4.17. The first-order valence-electron chi connectivity index (χ1n) is 10.9. The number of nitrogens with zero attached hydrogens (tertiary/aromatic N) is 3. The highest BCUT2D eigenvalue weighted by Crippen LogP contribution is 2.24. The van der Waals surface area contributed by atoms with Crippen LogP contribution in [0, 0.1) is 5.82 Å². The summed E-state index contributed by atoms with van der Waals surface area (Å²) in [7, 11) is 1.87. The van der Waals surface area contributed by atoms with E-state index in [-0.39, 0.29) is 11.7 Å². The molecule has 6 nitrogen and oxygen atoms in total. The van der Waals surface area contributed by atoms with Crippen molar-refractivity contribution in [1.82, 2.24) is 14.7 Å². The molecule has 2 bridgehead atoms. The van der Waals surface area contributed by atoms with Crippen molar-refractivity contribution in [3.63, 3.8) is 0 Å². The summed E-state index contributed by atoms with van der Waals surface area (Å²) in [5.74, 6) is 0.467. The van der Waals surface area contributed by atoms with Gasteiger partial charge in [-0.3, -0.25) is 9.48 Å². The van der Waals surface area contributed by atoms with E-state index in [4.69, 9.17) is 9.47 Å². The third-order valence-electron chi connectivity index (χ3n) is 5.51. The largest absolute Gasteiger partial charge is 0.491 e. The van der Waals surface area contributed by atoms with Crippen LogP contribution >= 0.6 is 0 Å². The van der Waals surface area contributed by atoms with Gasteiger partial charge in [0.05, 0.1) is 19.4 Å². The Hall–Kier alpha value is -3.19. The molecule has 0 atom stereocenters. The van der Waals surface area contributed by atoms with E-state index in [1.165, 1.54) is 12.1 Å². The number of rotatable bonds is 3. The van der Waals surface area contributed by atoms with Gasteiger partial charge in [0.15, 0.2) is 0 Å². The van der Waals surface area contributed by atoms with Crippen molar-refractivity contribution >= 4 is 5.91 Å². The summed E-state index contributed by atoms with van der Waals surface area (Å²) >= 11 is 0. The first-order chi connectivity index (χ1) is 15.6. The Morgan fingerprint density at radius 2 is 2.00 bits per heavy atom. The molecule has 3 aromatic rings. The van der Waals surface area contributed by atoms with Gasteiger partial charge in [-0.15, -0.1) is 0 Å². The predicted octanol–water partition coefficient (Wildman–Crippen LogP) is 3.52. The molecule has 7 heteroatoms. The second-order valence-corrected chi connectivity index (χ2v) is 8.05. The maximum Gasteiger partial charge on any atom is 0.223 e. The molecule has 0 spiro atoms. The van der Waals surface area contributed by atoms with Gasteiger partial charge in [0.2, 0.25) is 5.91 Å². The van der Waals surface area contributed by atoms with Crippen LogP contribution in [-0.4, -0.2) is 47.0 Å². The second kappa shape index (κ2) is 10.4. The summed E-state index contributed by atoms with van der Waals surface area (Å²) in [6, 6.07) is 12.7. The molecule has 2 aromatic carbocycles. The van der Waals surface area contributed by atoms with Gasteiger partial charge in [-0.1, -0.05) is 24.3 Å². The Bertz CT molecular complexity index is 1070. The fourth-order valence-electron chi connectivity index (χ4n) is 3.89. The molecule has 1 aliphatic rings. The Morgan fingerprint density at radius 1 is 1.12 bits per heavy atom. The highest BCUT2D eigenvalue weighted by molar-refractivity contribution is 5.76. The maximum absolute atomic E-state index is 13.9. The summed E-state index contributed by atoms with van der Waals surface area (Å²) in [4.78, 5) is 14.8. The van der Waals surface area contributed by atoms with Crippen molar-refractivity contribution in [3.05, 3.63) is 82.9 Å². The highest BCUT2D eigenvalue weighted by Gasteiger charge is 2.16. The molecule has 0 fully saturated rings. The van der Waals surface area contributed by atoms with E-state index in [2.05, 4.69) is 11.2 Å². The number of hydrogen-bond donors (Lipinski definition) is 0. The number of benzene rings is 2. The number of amides is 1. The van der Waals surface area contributed by atoms with Crippen LogP contribution in [0.5, 0.6) is 5.75 Å². The molecular formula is C25H28FN3O3. The molecule has 0 saturated heterocycles. The average Bonchev–Trinajstić information content (AvgIpc) is 3.19. The maximum atomic E-state index is 13.9. The number of halogens is 1. The number of aromatic nitrogens is 2. The van der Waals surface area contributed by atoms with Crippen molar-refractivity contribution < 1.29 is 18.7 Å². The monoisotopic (exact) mass is 437 g/mol. The molecular weight excluding hydrogens is 409 g/mol. The summed E-state index contributed by atoms with van der Waals surface area (Å²) < 4.78 is 27.2. The zero-order chi connectivity index (χ0) is 22.3. The third kappa shape index (κ3) is 5.95. The fraction of sp³-hybridized carbons (Fsp3) is 0.360. The van der Waals surface area contributed by atoms with Crippen LogP contribution in [0.25, 0.3) is 0 Å². The van der Waals surface area contributed by atoms with Crippen LogP contribution < -0.4 is 4.74 Å². The molecule has 1 aliphatic heterocycles. The molecule has 0 aliphatic carbocycles. The molecule has 1 amide bonds. The first-order valence-corrected chi connectivity index (χ1v) is 10.9. The third-order valence-corrected chi connectivity index (χ3v) is 5.51. The number of hydrogen-bond acceptors (Lipinski definition) is 4. The number of carbonyl (C=O) groups is 1. The lowest BCUT2D eigenvalue weighted by molar-refractivity contribution is -0.132. The predicted molar refractivity (Wildman–Crippen MR) is 119 cm³/mol. The molecule has 1 aromatic heterocycles. The lowest BCUT2D eigenvalue weighted by Crippen LogP contribution is -2.34. The summed E-state index contributed by atoms with van der Waals surface area (Å²) in [5.41, 5.74) is 3.93. The SMILES string of the molecule is Cn1cc(CCC(=O)N2CCOCCOc3ccc(F)cc3Cc3cccc(c3)C2)cn1. The first kappa shape index (κ1) is 22.0. The molecule has 0 radical (unpaired) electrons. The van der Waals surface area contributed by atoms with Gasteiger partial charge in [0.1, 0.15) is 18.2 Å². The van der Waals surface area contributed by atoms with Gasteiger partial charge in [-0.25, -0.2) is 4.39 Å². The Labute approximate surface area is 187 Å². The molecule has 4 rings (SSSR count). The summed E-state index contributed by atoms with van der Waals surface area (Å²) in [6.45, 7) is 2.22. The molecule has 168 valence electrons. The van der Waals surface area contributed by atoms with Crippen LogP contribution in [0.2, 0.25) is 0 Å². The standard InChI is InChI=1S/C25H28FN3O3/c1-28-17-21(16-27-28)5-8-25(30)29-9-10-31-11-12-32-24-7-6-23(26)15-22(24)14-19-3-2-4-20(13-19)18-29/h2-4,6-7,13,15-17H,5,8-12,14,18H2,1H3. The number of ether oxygens (including phenoxy) is 2. The van der Waals surface area contributed by atoms with Gasteiger partial charge < -0.3 is 14.4 Å². The normalized spacial score (nSPS) is 14.9. The summed E-state index contributed by atoms with van der Waals surface area (Å²) in [6.07, 6.45) is 5.35. The highest BCUT2D eigenvalue weighted by atomic mass is 19.1. The van der Waals surface area contributed by atoms with Gasteiger partial charge in [-0.05, 0) is 41.3 Å². The minimum Gasteiger partial charge on any atom is -0.491 e. The molecule has 32 heavy (non-hydrogen) atoms. The lowest BCUT2D eigenvalue weighted by Gasteiger charge is -2.24. The second-order valence-electron chi connectivity index (χ2n) is 8.05. The van der Waals surface area contributed by atoms with Gasteiger partial charge in [0, 0.05) is 44.7 Å². The molecule has 0 saturated carbocycles. The van der Waals surface area contributed by atoms with Crippen molar-refractivity contribution in [2.24, 2.45) is 7.05 Å². The minimum absolute atomic E-state index is 0.0821. The Morgan fingerprint density at radius 3 is 2.84 bits per heavy atom. The van der Waals surface area contributed by atoms with Gasteiger partial charge in [0.25, 0.3) is 0 Å². The fourth-order valence-corrected chi connectivity index (χ4v) is 3.89. The van der Waals surface area contributed by atoms with E-state index in [9.17, 15) is 9.18 Å². The number of fused-ring (bicyclic) bond motifs is 3. The van der Waals surface area contributed by atoms with E-state index < -0.39 is 0 Å². The average molecular weight is 438 g/mol. The van der Waals surface area contributed by atoms with E-state index in [0.29, 0.717) is 57.9 Å². The van der Waals surface area contributed by atoms with Gasteiger partial charge >= 0.3 is 0 Å². The molecule has 0 unspecified atom stereocenters. The molecule has 2 heterocycles. The van der Waals surface area contributed by atoms with E-state index in [1.807, 2.05) is 36.3 Å². The number of aryl methyl sites for hydroxylation is 2. The van der Waals surface area contributed by atoms with Crippen LogP contribution in [0.3, 0.4) is 0 Å². The Kier molecular flexibility index (Phi) is 7.17. The quantitative estimate of drug-likeness (QED) is 0.629. The van der Waals surface area contributed by atoms with Crippen molar-refractivity contribution in [3.8, 4) is 5.75 Å². The minimum atomic E-state index is -0.286. The van der Waals surface area contributed by atoms with Crippen LogP contribution in [0.4, 0.5) is 4.39 Å². The van der Waals surface area contributed by atoms with E-state index in [0.717, 1.165) is 22.3 Å². The van der Waals surface area contributed by atoms with Crippen molar-refractivity contribution in [2.45, 2.75) is 25.8 Å². The zero-order valence-electron chi connectivity index (χ0n) is 18.3. The van der Waals surface area contributed by atoms with Crippen molar-refractivity contribution in [1.29, 1.82) is 0 Å². The van der Waals surface area contributed by atoms with E-state index in [1.54, 1.807) is 16.9 Å².